The van der Waals surface area contributed by atoms with Crippen LogP contribution in [-0.4, -0.2) is 42.1 Å². The number of hydrogen-bond acceptors (Lipinski definition) is 4. The fourth-order valence-electron chi connectivity index (χ4n) is 4.66. The highest BCUT2D eigenvalue weighted by Gasteiger charge is 2.27. The van der Waals surface area contributed by atoms with Crippen LogP contribution in [0.4, 0.5) is 0 Å². The molecule has 0 radical (unpaired) electrons. The Balaban J connectivity index is 1.15. The minimum Gasteiger partial charge on any atom is -0.490 e. The van der Waals surface area contributed by atoms with Crippen molar-refractivity contribution >= 4 is 17.8 Å². The van der Waals surface area contributed by atoms with E-state index in [2.05, 4.69) is 22.8 Å². The Morgan fingerprint density at radius 3 is 2.03 bits per heavy atom. The van der Waals surface area contributed by atoms with E-state index in [-0.39, 0.29) is 29.8 Å². The molecule has 2 aliphatic carbocycles. The summed E-state index contributed by atoms with van der Waals surface area (Å²) >= 11 is 0. The summed E-state index contributed by atoms with van der Waals surface area (Å²) in [6.45, 7) is 0.743. The predicted octanol–water partition coefficient (Wildman–Crippen LogP) is 2.97. The van der Waals surface area contributed by atoms with E-state index in [1.807, 2.05) is 12.1 Å². The second kappa shape index (κ2) is 10.5. The lowest BCUT2D eigenvalue weighted by Crippen LogP contribution is -2.37. The summed E-state index contributed by atoms with van der Waals surface area (Å²) in [4.78, 5) is 35.8. The van der Waals surface area contributed by atoms with E-state index >= 15 is 0 Å². The molecule has 174 valence electrons. The third-order valence-electron chi connectivity index (χ3n) is 6.57. The molecule has 0 atom stereocenters. The third-order valence-corrected chi connectivity index (χ3v) is 6.57. The van der Waals surface area contributed by atoms with Gasteiger partial charge in [-0.15, -0.1) is 0 Å². The van der Waals surface area contributed by atoms with Crippen molar-refractivity contribution in [3.05, 3.63) is 65.2 Å². The quantitative estimate of drug-likeness (QED) is 0.537. The molecule has 0 aromatic heterocycles. The fourth-order valence-corrected chi connectivity index (χ4v) is 4.66. The first kappa shape index (κ1) is 22.8. The Hall–Kier alpha value is -3.35. The number of nitrogens with one attached hydrogen (secondary N) is 2. The highest BCUT2D eigenvalue weighted by Crippen LogP contribution is 2.28. The maximum Gasteiger partial charge on any atom is 0.306 e. The molecule has 1 fully saturated rings. The molecule has 0 heterocycles. The summed E-state index contributed by atoms with van der Waals surface area (Å²) in [7, 11) is 0. The molecule has 0 spiro atoms. The van der Waals surface area contributed by atoms with Crippen molar-refractivity contribution < 1.29 is 24.2 Å². The van der Waals surface area contributed by atoms with Crippen LogP contribution in [0.2, 0.25) is 0 Å². The van der Waals surface area contributed by atoms with Gasteiger partial charge in [-0.25, -0.2) is 0 Å². The SMILES string of the molecule is O=C(NCCNC(=O)C1Cc2ccccc2C1)c1ccc(O[C@H]2CC[C@@H](C(=O)O)CC2)cc1. The Bertz CT molecular complexity index is 971. The van der Waals surface area contributed by atoms with Gasteiger partial charge < -0.3 is 20.5 Å². The molecule has 0 aliphatic heterocycles. The summed E-state index contributed by atoms with van der Waals surface area (Å²) in [5.41, 5.74) is 3.01. The number of ether oxygens (including phenoxy) is 1. The Morgan fingerprint density at radius 1 is 0.818 bits per heavy atom. The molecule has 3 N–H and O–H groups in total. The minimum atomic E-state index is -0.729. The first-order chi connectivity index (χ1) is 16.0. The predicted molar refractivity (Wildman–Crippen MR) is 123 cm³/mol. The van der Waals surface area contributed by atoms with Gasteiger partial charge in [0.25, 0.3) is 5.91 Å². The molecule has 7 heteroatoms. The number of amides is 2. The summed E-state index contributed by atoms with van der Waals surface area (Å²) in [5, 5.41) is 14.8. The largest absolute Gasteiger partial charge is 0.490 e. The highest BCUT2D eigenvalue weighted by molar-refractivity contribution is 5.94. The monoisotopic (exact) mass is 450 g/mol. The highest BCUT2D eigenvalue weighted by atomic mass is 16.5. The van der Waals surface area contributed by atoms with Crippen molar-refractivity contribution in [1.82, 2.24) is 10.6 Å². The van der Waals surface area contributed by atoms with E-state index in [4.69, 9.17) is 9.84 Å². The van der Waals surface area contributed by atoms with Gasteiger partial charge in [0, 0.05) is 24.6 Å². The van der Waals surface area contributed by atoms with Gasteiger partial charge in [-0.2, -0.15) is 0 Å². The van der Waals surface area contributed by atoms with Crippen LogP contribution < -0.4 is 15.4 Å². The molecule has 7 nitrogen and oxygen atoms in total. The molecule has 0 bridgehead atoms. The van der Waals surface area contributed by atoms with Crippen molar-refractivity contribution in [2.24, 2.45) is 11.8 Å². The fraction of sp³-hybridized carbons (Fsp3) is 0.423. The molecular formula is C26H30N2O5. The standard InChI is InChI=1S/C26H30N2O5/c29-24(27-13-14-28-25(30)21-15-19-3-1-2-4-20(19)16-21)17-5-9-22(10-6-17)33-23-11-7-18(8-12-23)26(31)32/h1-6,9-10,18,21,23H,7-8,11-16H2,(H,27,29)(H,28,30)(H,31,32)/t18-,23+. The zero-order valence-electron chi connectivity index (χ0n) is 18.6. The van der Waals surface area contributed by atoms with Gasteiger partial charge in [0.05, 0.1) is 12.0 Å². The van der Waals surface area contributed by atoms with Crippen molar-refractivity contribution in [2.75, 3.05) is 13.1 Å². The van der Waals surface area contributed by atoms with Crippen LogP contribution in [0.5, 0.6) is 5.75 Å². The van der Waals surface area contributed by atoms with Gasteiger partial charge in [-0.3, -0.25) is 14.4 Å². The first-order valence-corrected chi connectivity index (χ1v) is 11.6. The van der Waals surface area contributed by atoms with Crippen LogP contribution in [0.15, 0.2) is 48.5 Å². The molecular weight excluding hydrogens is 420 g/mol. The number of rotatable bonds is 8. The Morgan fingerprint density at radius 2 is 1.42 bits per heavy atom. The van der Waals surface area contributed by atoms with Crippen molar-refractivity contribution in [3.63, 3.8) is 0 Å². The zero-order chi connectivity index (χ0) is 23.2. The number of carboxylic acids is 1. The maximum absolute atomic E-state index is 12.4. The molecule has 2 aliphatic rings. The lowest BCUT2D eigenvalue weighted by atomic mass is 9.87. The zero-order valence-corrected chi connectivity index (χ0v) is 18.6. The third kappa shape index (κ3) is 5.92. The summed E-state index contributed by atoms with van der Waals surface area (Å²) < 4.78 is 5.94. The summed E-state index contributed by atoms with van der Waals surface area (Å²) in [5.74, 6) is -0.534. The van der Waals surface area contributed by atoms with Gasteiger partial charge in [0.2, 0.25) is 5.91 Å². The molecule has 0 unspecified atom stereocenters. The van der Waals surface area contributed by atoms with Gasteiger partial charge in [-0.05, 0) is 73.9 Å². The van der Waals surface area contributed by atoms with Crippen LogP contribution in [0, 0.1) is 11.8 Å². The first-order valence-electron chi connectivity index (χ1n) is 11.6. The normalized spacial score (nSPS) is 20.0. The van der Waals surface area contributed by atoms with Crippen LogP contribution in [0.25, 0.3) is 0 Å². The van der Waals surface area contributed by atoms with E-state index in [9.17, 15) is 14.4 Å². The van der Waals surface area contributed by atoms with Crippen LogP contribution >= 0.6 is 0 Å². The van der Waals surface area contributed by atoms with E-state index < -0.39 is 5.97 Å². The van der Waals surface area contributed by atoms with E-state index in [1.165, 1.54) is 11.1 Å². The van der Waals surface area contributed by atoms with Crippen molar-refractivity contribution in [1.29, 1.82) is 0 Å². The smallest absolute Gasteiger partial charge is 0.306 e. The summed E-state index contributed by atoms with van der Waals surface area (Å²) in [6, 6.07) is 15.1. The molecule has 2 aromatic rings. The Kier molecular flexibility index (Phi) is 7.27. The molecule has 0 saturated heterocycles. The number of aliphatic carboxylic acids is 1. The molecule has 2 aromatic carbocycles. The molecule has 2 amide bonds. The Labute approximate surface area is 193 Å². The lowest BCUT2D eigenvalue weighted by molar-refractivity contribution is -0.143. The number of carbonyl (C=O) groups excluding carboxylic acids is 2. The van der Waals surface area contributed by atoms with Crippen LogP contribution in [0.1, 0.15) is 47.2 Å². The van der Waals surface area contributed by atoms with Gasteiger partial charge in [-0.1, -0.05) is 24.3 Å². The van der Waals surface area contributed by atoms with Gasteiger partial charge in [0.1, 0.15) is 5.75 Å². The number of benzene rings is 2. The average Bonchev–Trinajstić information content (AvgIpc) is 3.27. The summed E-state index contributed by atoms with van der Waals surface area (Å²) in [6.07, 6.45) is 4.25. The lowest BCUT2D eigenvalue weighted by Gasteiger charge is -2.26. The van der Waals surface area contributed by atoms with Gasteiger partial charge in [0.15, 0.2) is 0 Å². The number of fused-ring (bicyclic) bond motifs is 1. The molecule has 4 rings (SSSR count). The number of carbonyl (C=O) groups is 3. The second-order valence-electron chi connectivity index (χ2n) is 8.87. The van der Waals surface area contributed by atoms with Crippen molar-refractivity contribution in [2.45, 2.75) is 44.6 Å². The minimum absolute atomic E-state index is 0.0107. The van der Waals surface area contributed by atoms with Crippen LogP contribution in [-0.2, 0) is 22.4 Å². The van der Waals surface area contributed by atoms with Crippen LogP contribution in [0.3, 0.4) is 0 Å². The maximum atomic E-state index is 12.4. The van der Waals surface area contributed by atoms with Gasteiger partial charge >= 0.3 is 5.97 Å². The van der Waals surface area contributed by atoms with E-state index in [1.54, 1.807) is 24.3 Å². The average molecular weight is 451 g/mol. The van der Waals surface area contributed by atoms with E-state index in [0.29, 0.717) is 37.2 Å². The molecule has 33 heavy (non-hydrogen) atoms. The number of hydrogen-bond donors (Lipinski definition) is 3. The second-order valence-corrected chi connectivity index (χ2v) is 8.87. The molecule has 1 saturated carbocycles. The number of carboxylic acid groups (broad SMARTS) is 1. The van der Waals surface area contributed by atoms with Crippen molar-refractivity contribution in [3.8, 4) is 5.75 Å². The van der Waals surface area contributed by atoms with E-state index in [0.717, 1.165) is 25.7 Å². The topological polar surface area (TPSA) is 105 Å².